The van der Waals surface area contributed by atoms with E-state index in [4.69, 9.17) is 4.74 Å². The third kappa shape index (κ3) is 4.18. The molecule has 2 aromatic carbocycles. The molecule has 0 spiro atoms. The summed E-state index contributed by atoms with van der Waals surface area (Å²) in [6.45, 7) is 2.47. The maximum atomic E-state index is 13.5. The molecule has 1 heterocycles. The van der Waals surface area contributed by atoms with Gasteiger partial charge < -0.3 is 15.4 Å². The highest BCUT2D eigenvalue weighted by atomic mass is 16.5. The van der Waals surface area contributed by atoms with Crippen LogP contribution in [0.25, 0.3) is 0 Å². The lowest BCUT2D eigenvalue weighted by Gasteiger charge is -2.38. The second kappa shape index (κ2) is 9.33. The van der Waals surface area contributed by atoms with Gasteiger partial charge in [0.25, 0.3) is 0 Å². The standard InChI is InChI=1S/C27H29N3O4/c1-2-34-21-14-12-20(13-15-21)28-27(33)29-22(16-17-6-4-3-5-7-17)30-25(31)23-18-8-9-19(11-10-18)24(23)26(30)32/h3-9,12-15,18-19,22-24H,2,10-11,16H2,1H3,(H2,28,29,33)/t18-,19-,22+,23-,24+/m0/s1. The Bertz CT molecular complexity index is 1070. The van der Waals surface area contributed by atoms with Gasteiger partial charge in [0.15, 0.2) is 0 Å². The van der Waals surface area contributed by atoms with Crippen molar-refractivity contribution in [3.63, 3.8) is 0 Å². The number of amides is 4. The number of nitrogens with one attached hydrogen (secondary N) is 2. The van der Waals surface area contributed by atoms with E-state index >= 15 is 0 Å². The second-order valence-corrected chi connectivity index (χ2v) is 9.15. The van der Waals surface area contributed by atoms with E-state index in [1.165, 1.54) is 4.90 Å². The topological polar surface area (TPSA) is 87.7 Å². The number of allylic oxidation sites excluding steroid dienone is 2. The van der Waals surface area contributed by atoms with Crippen LogP contribution < -0.4 is 15.4 Å². The lowest BCUT2D eigenvalue weighted by molar-refractivity contribution is -0.143. The molecule has 7 heteroatoms. The molecule has 4 aliphatic rings. The summed E-state index contributed by atoms with van der Waals surface area (Å²) in [5, 5.41) is 5.70. The van der Waals surface area contributed by atoms with E-state index in [1.807, 2.05) is 37.3 Å². The Hall–Kier alpha value is -3.61. The van der Waals surface area contributed by atoms with Crippen LogP contribution in [0.3, 0.4) is 0 Å². The summed E-state index contributed by atoms with van der Waals surface area (Å²) in [5.74, 6) is -0.0452. The average molecular weight is 460 g/mol. The molecule has 1 aliphatic heterocycles. The number of rotatable bonds is 7. The van der Waals surface area contributed by atoms with E-state index in [9.17, 15) is 14.4 Å². The highest BCUT2D eigenvalue weighted by Crippen LogP contribution is 2.50. The molecule has 0 unspecified atom stereocenters. The lowest BCUT2D eigenvalue weighted by Crippen LogP contribution is -2.53. The summed E-state index contributed by atoms with van der Waals surface area (Å²) in [5.41, 5.74) is 1.53. The smallest absolute Gasteiger partial charge is 0.320 e. The minimum absolute atomic E-state index is 0.103. The number of ether oxygens (including phenoxy) is 1. The Kier molecular flexibility index (Phi) is 6.09. The van der Waals surface area contributed by atoms with Crippen LogP contribution in [0, 0.1) is 23.7 Å². The van der Waals surface area contributed by atoms with E-state index in [2.05, 4.69) is 22.8 Å². The molecular weight excluding hydrogens is 430 g/mol. The van der Waals surface area contributed by atoms with Crippen molar-refractivity contribution in [3.05, 3.63) is 72.3 Å². The molecule has 2 fully saturated rings. The van der Waals surface area contributed by atoms with Crippen molar-refractivity contribution in [3.8, 4) is 5.75 Å². The van der Waals surface area contributed by atoms with Crippen LogP contribution in [-0.4, -0.2) is 35.5 Å². The van der Waals surface area contributed by atoms with Gasteiger partial charge in [0.2, 0.25) is 11.8 Å². The van der Waals surface area contributed by atoms with Gasteiger partial charge in [-0.15, -0.1) is 0 Å². The van der Waals surface area contributed by atoms with Gasteiger partial charge in [-0.3, -0.25) is 14.5 Å². The maximum Gasteiger partial charge on any atom is 0.320 e. The van der Waals surface area contributed by atoms with E-state index in [0.29, 0.717) is 18.7 Å². The van der Waals surface area contributed by atoms with E-state index in [1.54, 1.807) is 24.3 Å². The van der Waals surface area contributed by atoms with Gasteiger partial charge >= 0.3 is 6.03 Å². The normalized spacial score (nSPS) is 25.7. The molecule has 2 bridgehead atoms. The fourth-order valence-corrected chi connectivity index (χ4v) is 5.57. The van der Waals surface area contributed by atoms with Crippen LogP contribution in [0.15, 0.2) is 66.7 Å². The molecule has 5 atom stereocenters. The van der Waals surface area contributed by atoms with Gasteiger partial charge in [0.05, 0.1) is 18.4 Å². The highest BCUT2D eigenvalue weighted by molar-refractivity contribution is 6.06. The van der Waals surface area contributed by atoms with Crippen molar-refractivity contribution in [2.24, 2.45) is 23.7 Å². The molecule has 2 N–H and O–H groups in total. The molecule has 1 saturated heterocycles. The zero-order valence-corrected chi connectivity index (χ0v) is 19.1. The van der Waals surface area contributed by atoms with Crippen LogP contribution in [-0.2, 0) is 16.0 Å². The van der Waals surface area contributed by atoms with Crippen molar-refractivity contribution in [1.82, 2.24) is 10.2 Å². The van der Waals surface area contributed by atoms with E-state index in [0.717, 1.165) is 24.2 Å². The zero-order chi connectivity index (χ0) is 23.7. The number of likely N-dealkylation sites (tertiary alicyclic amines) is 1. The largest absolute Gasteiger partial charge is 0.494 e. The third-order valence-electron chi connectivity index (χ3n) is 7.10. The monoisotopic (exact) mass is 459 g/mol. The Morgan fingerprint density at radius 3 is 2.15 bits per heavy atom. The first-order chi connectivity index (χ1) is 16.5. The molecule has 4 amide bonds. The summed E-state index contributed by atoms with van der Waals surface area (Å²) in [4.78, 5) is 41.2. The summed E-state index contributed by atoms with van der Waals surface area (Å²) in [6, 6.07) is 16.2. The number of hydrogen-bond donors (Lipinski definition) is 2. The number of urea groups is 1. The second-order valence-electron chi connectivity index (χ2n) is 9.15. The van der Waals surface area contributed by atoms with Crippen LogP contribution >= 0.6 is 0 Å². The minimum Gasteiger partial charge on any atom is -0.494 e. The number of imide groups is 1. The molecule has 0 radical (unpaired) electrons. The van der Waals surface area contributed by atoms with Crippen LogP contribution in [0.5, 0.6) is 5.75 Å². The van der Waals surface area contributed by atoms with Gasteiger partial charge in [-0.2, -0.15) is 0 Å². The Balaban J connectivity index is 1.36. The predicted octanol–water partition coefficient (Wildman–Crippen LogP) is 3.97. The number of nitrogens with zero attached hydrogens (tertiary/aromatic N) is 1. The first kappa shape index (κ1) is 22.2. The van der Waals surface area contributed by atoms with Crippen LogP contribution in [0.4, 0.5) is 10.5 Å². The molecule has 3 aliphatic carbocycles. The molecule has 2 aromatic rings. The zero-order valence-electron chi connectivity index (χ0n) is 19.1. The average Bonchev–Trinajstić information content (AvgIpc) is 3.14. The fourth-order valence-electron chi connectivity index (χ4n) is 5.57. The molecule has 6 rings (SSSR count). The maximum absolute atomic E-state index is 13.5. The lowest BCUT2D eigenvalue weighted by atomic mass is 9.63. The van der Waals surface area contributed by atoms with Gasteiger partial charge in [-0.25, -0.2) is 4.79 Å². The Labute approximate surface area is 199 Å². The number of benzene rings is 2. The van der Waals surface area contributed by atoms with Crippen LogP contribution in [0.2, 0.25) is 0 Å². The molecular formula is C27H29N3O4. The fraction of sp³-hybridized carbons (Fsp3) is 0.370. The number of carbonyl (C=O) groups is 3. The summed E-state index contributed by atoms with van der Waals surface area (Å²) < 4.78 is 5.44. The van der Waals surface area contributed by atoms with E-state index in [-0.39, 0.29) is 35.5 Å². The first-order valence-electron chi connectivity index (χ1n) is 11.9. The predicted molar refractivity (Wildman–Crippen MR) is 128 cm³/mol. The van der Waals surface area contributed by atoms with Gasteiger partial charge in [-0.05, 0) is 61.4 Å². The first-order valence-corrected chi connectivity index (χ1v) is 11.9. The Morgan fingerprint density at radius 2 is 1.59 bits per heavy atom. The SMILES string of the molecule is CCOc1ccc(NC(=O)N[C@@H](Cc2ccccc2)N2C(=O)[C@@H]3[C@H](C2=O)[C@H]2C=C[C@H]3CC2)cc1. The van der Waals surface area contributed by atoms with Crippen molar-refractivity contribution in [1.29, 1.82) is 0 Å². The molecule has 7 nitrogen and oxygen atoms in total. The molecule has 34 heavy (non-hydrogen) atoms. The van der Waals surface area contributed by atoms with Gasteiger partial charge in [0.1, 0.15) is 11.9 Å². The summed E-state index contributed by atoms with van der Waals surface area (Å²) in [7, 11) is 0. The number of fused-ring (bicyclic) bond motifs is 1. The van der Waals surface area contributed by atoms with Gasteiger partial charge in [-0.1, -0.05) is 42.5 Å². The number of anilines is 1. The Morgan fingerprint density at radius 1 is 0.971 bits per heavy atom. The summed E-state index contributed by atoms with van der Waals surface area (Å²) >= 11 is 0. The summed E-state index contributed by atoms with van der Waals surface area (Å²) in [6.07, 6.45) is 5.64. The van der Waals surface area contributed by atoms with Gasteiger partial charge in [0, 0.05) is 12.1 Å². The van der Waals surface area contributed by atoms with Crippen molar-refractivity contribution in [2.75, 3.05) is 11.9 Å². The van der Waals surface area contributed by atoms with E-state index < -0.39 is 12.2 Å². The molecule has 0 aromatic heterocycles. The third-order valence-corrected chi connectivity index (χ3v) is 7.10. The minimum atomic E-state index is -0.768. The highest BCUT2D eigenvalue weighted by Gasteiger charge is 2.58. The van der Waals surface area contributed by atoms with Crippen molar-refractivity contribution >= 4 is 23.5 Å². The quantitative estimate of drug-likeness (QED) is 0.484. The molecule has 176 valence electrons. The number of hydrogen-bond acceptors (Lipinski definition) is 4. The van der Waals surface area contributed by atoms with Crippen molar-refractivity contribution < 1.29 is 19.1 Å². The van der Waals surface area contributed by atoms with Crippen LogP contribution in [0.1, 0.15) is 25.3 Å². The molecule has 1 saturated carbocycles. The van der Waals surface area contributed by atoms with Crippen molar-refractivity contribution in [2.45, 2.75) is 32.4 Å². The number of carbonyl (C=O) groups excluding carboxylic acids is 3.